The molecule has 0 radical (unpaired) electrons. The number of aromatic nitrogens is 3. The third kappa shape index (κ3) is 2.22. The summed E-state index contributed by atoms with van der Waals surface area (Å²) in [5, 5.41) is 15.5. The average Bonchev–Trinajstić information content (AvgIpc) is 2.73. The van der Waals surface area contributed by atoms with Gasteiger partial charge in [-0.25, -0.2) is 9.67 Å². The van der Waals surface area contributed by atoms with Gasteiger partial charge in [0.15, 0.2) is 0 Å². The minimum atomic E-state index is -0.539. The third-order valence-electron chi connectivity index (χ3n) is 2.13. The van der Waals surface area contributed by atoms with Gasteiger partial charge >= 0.3 is 5.69 Å². The van der Waals surface area contributed by atoms with Crippen molar-refractivity contribution < 1.29 is 4.92 Å². The predicted octanol–water partition coefficient (Wildman–Crippen LogP) is 1.84. The summed E-state index contributed by atoms with van der Waals surface area (Å²) >= 11 is 7.02. The van der Waals surface area contributed by atoms with Gasteiger partial charge in [-0.15, -0.1) is 11.3 Å². The van der Waals surface area contributed by atoms with Crippen LogP contribution in [0.5, 0.6) is 0 Å². The summed E-state index contributed by atoms with van der Waals surface area (Å²) in [6, 6.07) is 0. The van der Waals surface area contributed by atoms with E-state index in [1.165, 1.54) is 22.2 Å². The van der Waals surface area contributed by atoms with E-state index in [-0.39, 0.29) is 23.7 Å². The highest BCUT2D eigenvalue weighted by Crippen LogP contribution is 2.27. The standard InChI is InChI=1S/C8H8ClN5O2S/c1-4-7(14(15)16)8(10)13(12-4)3-6-11-2-5(9)17-6/h2H,3,10H2,1H3. The molecule has 0 atom stereocenters. The first-order valence-electron chi connectivity index (χ1n) is 4.56. The summed E-state index contributed by atoms with van der Waals surface area (Å²) in [5.74, 6) is 0.0267. The molecule has 0 aliphatic heterocycles. The molecule has 2 aromatic rings. The monoisotopic (exact) mass is 273 g/mol. The molecule has 0 aromatic carbocycles. The third-order valence-corrected chi connectivity index (χ3v) is 3.23. The van der Waals surface area contributed by atoms with Crippen LogP contribution in [0.2, 0.25) is 4.34 Å². The van der Waals surface area contributed by atoms with Crippen molar-refractivity contribution >= 4 is 34.4 Å². The fraction of sp³-hybridized carbons (Fsp3) is 0.250. The van der Waals surface area contributed by atoms with Crippen molar-refractivity contribution in [1.82, 2.24) is 14.8 Å². The fourth-order valence-electron chi connectivity index (χ4n) is 1.43. The largest absolute Gasteiger partial charge is 0.378 e. The van der Waals surface area contributed by atoms with Crippen molar-refractivity contribution in [3.8, 4) is 0 Å². The molecule has 0 unspecified atom stereocenters. The Kier molecular flexibility index (Phi) is 2.99. The maximum absolute atomic E-state index is 10.8. The molecule has 2 rings (SSSR count). The first kappa shape index (κ1) is 11.8. The number of nitrogens with zero attached hydrogens (tertiary/aromatic N) is 4. The Morgan fingerprint density at radius 1 is 1.71 bits per heavy atom. The molecule has 0 amide bonds. The number of thiazole rings is 1. The molecule has 0 saturated heterocycles. The van der Waals surface area contributed by atoms with Gasteiger partial charge in [0.2, 0.25) is 5.82 Å². The molecule has 7 nitrogen and oxygen atoms in total. The maximum Gasteiger partial charge on any atom is 0.333 e. The summed E-state index contributed by atoms with van der Waals surface area (Å²) in [6.45, 7) is 1.82. The van der Waals surface area contributed by atoms with Gasteiger partial charge in [0.25, 0.3) is 0 Å². The highest BCUT2D eigenvalue weighted by Gasteiger charge is 2.23. The van der Waals surface area contributed by atoms with E-state index in [0.717, 1.165) is 0 Å². The minimum absolute atomic E-state index is 0.0267. The van der Waals surface area contributed by atoms with Gasteiger partial charge in [-0.3, -0.25) is 10.1 Å². The van der Waals surface area contributed by atoms with Crippen molar-refractivity contribution in [1.29, 1.82) is 0 Å². The van der Waals surface area contributed by atoms with E-state index in [1.54, 1.807) is 6.92 Å². The van der Waals surface area contributed by atoms with Crippen LogP contribution in [0.4, 0.5) is 11.5 Å². The van der Waals surface area contributed by atoms with Crippen molar-refractivity contribution in [2.45, 2.75) is 13.5 Å². The van der Waals surface area contributed by atoms with E-state index in [0.29, 0.717) is 9.34 Å². The van der Waals surface area contributed by atoms with Crippen LogP contribution in [-0.4, -0.2) is 19.7 Å². The smallest absolute Gasteiger partial charge is 0.333 e. The summed E-state index contributed by atoms with van der Waals surface area (Å²) < 4.78 is 1.90. The second kappa shape index (κ2) is 4.30. The lowest BCUT2D eigenvalue weighted by Gasteiger charge is -1.99. The highest BCUT2D eigenvalue weighted by atomic mass is 35.5. The highest BCUT2D eigenvalue weighted by molar-refractivity contribution is 7.15. The molecule has 0 fully saturated rings. The second-order valence-corrected chi connectivity index (χ2v) is 5.04. The number of hydrogen-bond acceptors (Lipinski definition) is 6. The molecule has 2 heterocycles. The van der Waals surface area contributed by atoms with E-state index in [9.17, 15) is 10.1 Å². The molecule has 0 saturated carbocycles. The zero-order chi connectivity index (χ0) is 12.6. The number of nitrogen functional groups attached to an aromatic ring is 1. The Labute approximate surface area is 105 Å². The number of rotatable bonds is 3. The Balaban J connectivity index is 2.34. The van der Waals surface area contributed by atoms with Gasteiger partial charge in [0.1, 0.15) is 15.0 Å². The molecule has 0 spiro atoms. The maximum atomic E-state index is 10.8. The first-order chi connectivity index (χ1) is 7.99. The number of nitrogens with two attached hydrogens (primary N) is 1. The van der Waals surface area contributed by atoms with Gasteiger partial charge in [0.05, 0.1) is 17.7 Å². The molecular formula is C8H8ClN5O2S. The SMILES string of the molecule is Cc1nn(Cc2ncc(Cl)s2)c(N)c1[N+](=O)[O-]. The molecule has 0 aliphatic rings. The van der Waals surface area contributed by atoms with Crippen LogP contribution in [0, 0.1) is 17.0 Å². The van der Waals surface area contributed by atoms with Crippen LogP contribution in [0.25, 0.3) is 0 Å². The Morgan fingerprint density at radius 2 is 2.41 bits per heavy atom. The first-order valence-corrected chi connectivity index (χ1v) is 5.76. The van der Waals surface area contributed by atoms with Crippen molar-refractivity contribution in [3.05, 3.63) is 31.3 Å². The van der Waals surface area contributed by atoms with Gasteiger partial charge in [-0.2, -0.15) is 5.10 Å². The van der Waals surface area contributed by atoms with Crippen LogP contribution in [0.1, 0.15) is 10.7 Å². The van der Waals surface area contributed by atoms with E-state index >= 15 is 0 Å². The van der Waals surface area contributed by atoms with Crippen molar-refractivity contribution in [2.24, 2.45) is 0 Å². The topological polar surface area (TPSA) is 99.9 Å². The second-order valence-electron chi connectivity index (χ2n) is 3.29. The Morgan fingerprint density at radius 3 is 2.88 bits per heavy atom. The average molecular weight is 274 g/mol. The lowest BCUT2D eigenvalue weighted by atomic mass is 10.4. The van der Waals surface area contributed by atoms with Gasteiger partial charge in [-0.05, 0) is 6.92 Å². The summed E-state index contributed by atoms with van der Waals surface area (Å²) in [5.41, 5.74) is 5.79. The van der Waals surface area contributed by atoms with Gasteiger partial charge < -0.3 is 5.73 Å². The van der Waals surface area contributed by atoms with Crippen LogP contribution in [0.15, 0.2) is 6.20 Å². The van der Waals surface area contributed by atoms with Crippen LogP contribution < -0.4 is 5.73 Å². The number of hydrogen-bond donors (Lipinski definition) is 1. The number of halogens is 1. The lowest BCUT2D eigenvalue weighted by molar-refractivity contribution is -0.384. The van der Waals surface area contributed by atoms with Crippen molar-refractivity contribution in [3.63, 3.8) is 0 Å². The molecular weight excluding hydrogens is 266 g/mol. The molecule has 17 heavy (non-hydrogen) atoms. The number of nitro groups is 1. The lowest BCUT2D eigenvalue weighted by Crippen LogP contribution is -2.06. The van der Waals surface area contributed by atoms with E-state index in [4.69, 9.17) is 17.3 Å². The van der Waals surface area contributed by atoms with Gasteiger partial charge in [-0.1, -0.05) is 11.6 Å². The predicted molar refractivity (Wildman–Crippen MR) is 64.3 cm³/mol. The fourth-order valence-corrected chi connectivity index (χ4v) is 2.36. The minimum Gasteiger partial charge on any atom is -0.378 e. The zero-order valence-corrected chi connectivity index (χ0v) is 10.3. The van der Waals surface area contributed by atoms with Crippen LogP contribution in [0.3, 0.4) is 0 Å². The summed E-state index contributed by atoms with van der Waals surface area (Å²) in [6.07, 6.45) is 1.52. The van der Waals surface area contributed by atoms with Crippen LogP contribution >= 0.6 is 22.9 Å². The molecule has 0 bridgehead atoms. The van der Waals surface area contributed by atoms with E-state index in [2.05, 4.69) is 10.1 Å². The zero-order valence-electron chi connectivity index (χ0n) is 8.75. The van der Waals surface area contributed by atoms with E-state index < -0.39 is 4.92 Å². The number of anilines is 1. The quantitative estimate of drug-likeness (QED) is 0.679. The summed E-state index contributed by atoms with van der Waals surface area (Å²) in [7, 11) is 0. The van der Waals surface area contributed by atoms with E-state index in [1.807, 2.05) is 0 Å². The Hall–Kier alpha value is -1.67. The molecule has 0 aliphatic carbocycles. The Bertz CT molecular complexity index is 578. The normalized spacial score (nSPS) is 10.7. The molecule has 90 valence electrons. The summed E-state index contributed by atoms with van der Waals surface area (Å²) in [4.78, 5) is 14.2. The molecule has 9 heteroatoms. The van der Waals surface area contributed by atoms with Crippen LogP contribution in [-0.2, 0) is 6.54 Å². The number of aryl methyl sites for hydroxylation is 1. The molecule has 2 aromatic heterocycles. The van der Waals surface area contributed by atoms with Crippen molar-refractivity contribution in [2.75, 3.05) is 5.73 Å². The molecule has 2 N–H and O–H groups in total. The van der Waals surface area contributed by atoms with Gasteiger partial charge in [0, 0.05) is 0 Å².